The molecular formula is C21H30N2O3. The molecule has 1 aromatic rings. The molecule has 26 heavy (non-hydrogen) atoms. The van der Waals surface area contributed by atoms with Crippen molar-refractivity contribution in [1.29, 1.82) is 0 Å². The van der Waals surface area contributed by atoms with Crippen LogP contribution in [-0.4, -0.2) is 30.0 Å². The number of allylic oxidation sites excluding steroid dienone is 1. The van der Waals surface area contributed by atoms with Crippen LogP contribution in [0, 0.1) is 23.7 Å². The molecule has 0 aliphatic heterocycles. The predicted octanol–water partition coefficient (Wildman–Crippen LogP) is 3.62. The van der Waals surface area contributed by atoms with Gasteiger partial charge in [-0.05, 0) is 56.1 Å². The molecule has 2 rings (SSSR count). The number of aromatic nitrogens is 1. The number of carbonyl (C=O) groups excluding carboxylic acids is 2. The Morgan fingerprint density at radius 3 is 2.62 bits per heavy atom. The van der Waals surface area contributed by atoms with Gasteiger partial charge in [0, 0.05) is 24.5 Å². The summed E-state index contributed by atoms with van der Waals surface area (Å²) in [5.74, 6) is 1.21. The molecule has 0 radical (unpaired) electrons. The third kappa shape index (κ3) is 5.41. The van der Waals surface area contributed by atoms with E-state index in [2.05, 4.69) is 37.1 Å². The third-order valence-electron chi connectivity index (χ3n) is 5.24. The minimum absolute atomic E-state index is 0.0744. The first kappa shape index (κ1) is 20.1. The van der Waals surface area contributed by atoms with E-state index in [0.29, 0.717) is 37.0 Å². The molecule has 1 amide bonds. The molecule has 0 spiro atoms. The molecule has 0 saturated carbocycles. The number of carbonyl (C=O) groups is 2. The van der Waals surface area contributed by atoms with Gasteiger partial charge in [-0.1, -0.05) is 25.5 Å². The highest BCUT2D eigenvalue weighted by molar-refractivity contribution is 5.93. The van der Waals surface area contributed by atoms with Crippen molar-refractivity contribution in [3.8, 4) is 0 Å². The summed E-state index contributed by atoms with van der Waals surface area (Å²) in [6, 6.07) is 3.43. The molecule has 1 heterocycles. The lowest BCUT2D eigenvalue weighted by Crippen LogP contribution is -2.37. The highest BCUT2D eigenvalue weighted by Gasteiger charge is 2.32. The van der Waals surface area contributed by atoms with E-state index in [1.165, 1.54) is 5.57 Å². The first-order chi connectivity index (χ1) is 12.4. The zero-order valence-corrected chi connectivity index (χ0v) is 16.2. The second-order valence-corrected chi connectivity index (χ2v) is 7.37. The largest absolute Gasteiger partial charge is 0.466 e. The van der Waals surface area contributed by atoms with Gasteiger partial charge < -0.3 is 10.1 Å². The normalized spacial score (nSPS) is 22.7. The Bertz CT molecular complexity index is 640. The third-order valence-corrected chi connectivity index (χ3v) is 5.24. The maximum absolute atomic E-state index is 12.3. The molecule has 0 saturated heterocycles. The van der Waals surface area contributed by atoms with Gasteiger partial charge in [0.25, 0.3) is 5.91 Å². The summed E-state index contributed by atoms with van der Waals surface area (Å²) in [4.78, 5) is 28.1. The number of hydrogen-bond acceptors (Lipinski definition) is 4. The molecule has 0 unspecified atom stereocenters. The van der Waals surface area contributed by atoms with E-state index in [0.717, 1.165) is 6.42 Å². The first-order valence-corrected chi connectivity index (χ1v) is 9.44. The second kappa shape index (κ2) is 9.51. The molecule has 0 bridgehead atoms. The molecule has 142 valence electrons. The van der Waals surface area contributed by atoms with Crippen molar-refractivity contribution in [2.24, 2.45) is 23.7 Å². The molecule has 1 aliphatic rings. The summed E-state index contributed by atoms with van der Waals surface area (Å²) in [5, 5.41) is 3.05. The lowest BCUT2D eigenvalue weighted by Gasteiger charge is -2.37. The number of pyridine rings is 1. The van der Waals surface area contributed by atoms with Crippen molar-refractivity contribution in [2.45, 2.75) is 40.5 Å². The predicted molar refractivity (Wildman–Crippen MR) is 102 cm³/mol. The van der Waals surface area contributed by atoms with E-state index < -0.39 is 0 Å². The van der Waals surface area contributed by atoms with E-state index in [1.807, 2.05) is 6.92 Å². The highest BCUT2D eigenvalue weighted by Crippen LogP contribution is 2.38. The number of esters is 1. The van der Waals surface area contributed by atoms with Gasteiger partial charge in [0.2, 0.25) is 0 Å². The number of rotatable bonds is 7. The van der Waals surface area contributed by atoms with E-state index in [1.54, 1.807) is 24.5 Å². The van der Waals surface area contributed by atoms with Crippen LogP contribution in [-0.2, 0) is 9.53 Å². The maximum atomic E-state index is 12.3. The Hall–Kier alpha value is -2.17. The number of amides is 1. The average Bonchev–Trinajstić information content (AvgIpc) is 2.62. The van der Waals surface area contributed by atoms with Crippen molar-refractivity contribution in [3.63, 3.8) is 0 Å². The van der Waals surface area contributed by atoms with Gasteiger partial charge in [-0.3, -0.25) is 14.6 Å². The Balaban J connectivity index is 2.03. The van der Waals surface area contributed by atoms with Crippen LogP contribution in [0.5, 0.6) is 0 Å². The van der Waals surface area contributed by atoms with Gasteiger partial charge in [-0.15, -0.1) is 0 Å². The fourth-order valence-corrected chi connectivity index (χ4v) is 3.74. The molecule has 0 aromatic carbocycles. The van der Waals surface area contributed by atoms with Crippen LogP contribution in [0.4, 0.5) is 0 Å². The SMILES string of the molecule is CCOC(=O)C[C@@H]1C[C@@H](C(C)C)[C@H](CNC(=O)c2ccncc2)C=C1C. The Morgan fingerprint density at radius 1 is 1.31 bits per heavy atom. The quantitative estimate of drug-likeness (QED) is 0.597. The molecule has 1 N–H and O–H groups in total. The zero-order valence-electron chi connectivity index (χ0n) is 16.2. The van der Waals surface area contributed by atoms with Crippen LogP contribution >= 0.6 is 0 Å². The minimum Gasteiger partial charge on any atom is -0.466 e. The summed E-state index contributed by atoms with van der Waals surface area (Å²) >= 11 is 0. The molecule has 1 aromatic heterocycles. The van der Waals surface area contributed by atoms with Gasteiger partial charge in [0.1, 0.15) is 0 Å². The molecular weight excluding hydrogens is 328 g/mol. The number of nitrogens with zero attached hydrogens (tertiary/aromatic N) is 1. The van der Waals surface area contributed by atoms with E-state index >= 15 is 0 Å². The Kier molecular flexibility index (Phi) is 7.37. The van der Waals surface area contributed by atoms with E-state index in [-0.39, 0.29) is 23.7 Å². The van der Waals surface area contributed by atoms with Gasteiger partial charge in [-0.2, -0.15) is 0 Å². The zero-order chi connectivity index (χ0) is 19.1. The average molecular weight is 358 g/mol. The van der Waals surface area contributed by atoms with E-state index in [4.69, 9.17) is 4.74 Å². The standard InChI is InChI=1S/C21H30N2O3/c1-5-26-20(24)12-17-11-19(14(2)3)18(10-15(17)4)13-23-21(25)16-6-8-22-9-7-16/h6-10,14,17-19H,5,11-13H2,1-4H3,(H,23,25)/t17-,18-,19-/m0/s1. The molecule has 5 nitrogen and oxygen atoms in total. The smallest absolute Gasteiger partial charge is 0.306 e. The summed E-state index contributed by atoms with van der Waals surface area (Å²) in [7, 11) is 0. The van der Waals surface area contributed by atoms with E-state index in [9.17, 15) is 9.59 Å². The van der Waals surface area contributed by atoms with Gasteiger partial charge >= 0.3 is 5.97 Å². The van der Waals surface area contributed by atoms with Crippen LogP contribution < -0.4 is 5.32 Å². The molecule has 0 fully saturated rings. The first-order valence-electron chi connectivity index (χ1n) is 9.44. The fraction of sp³-hybridized carbons (Fsp3) is 0.571. The summed E-state index contributed by atoms with van der Waals surface area (Å²) in [6.45, 7) is 9.35. The number of nitrogens with one attached hydrogen (secondary N) is 1. The highest BCUT2D eigenvalue weighted by atomic mass is 16.5. The van der Waals surface area contributed by atoms with Crippen molar-refractivity contribution in [1.82, 2.24) is 10.3 Å². The minimum atomic E-state index is -0.128. The van der Waals surface area contributed by atoms with Crippen LogP contribution in [0.15, 0.2) is 36.2 Å². The van der Waals surface area contributed by atoms with Crippen LogP contribution in [0.3, 0.4) is 0 Å². The summed E-state index contributed by atoms with van der Waals surface area (Å²) in [6.07, 6.45) is 6.88. The van der Waals surface area contributed by atoms with Crippen molar-refractivity contribution >= 4 is 11.9 Å². The van der Waals surface area contributed by atoms with Gasteiger partial charge in [0.15, 0.2) is 0 Å². The maximum Gasteiger partial charge on any atom is 0.306 e. The van der Waals surface area contributed by atoms with Gasteiger partial charge in [-0.25, -0.2) is 0 Å². The Morgan fingerprint density at radius 2 is 2.00 bits per heavy atom. The van der Waals surface area contributed by atoms with Crippen LogP contribution in [0.2, 0.25) is 0 Å². The van der Waals surface area contributed by atoms with Gasteiger partial charge in [0.05, 0.1) is 13.0 Å². The number of hydrogen-bond donors (Lipinski definition) is 1. The van der Waals surface area contributed by atoms with Crippen molar-refractivity contribution < 1.29 is 14.3 Å². The molecule has 5 heteroatoms. The lowest BCUT2D eigenvalue weighted by atomic mass is 9.70. The topological polar surface area (TPSA) is 68.3 Å². The monoisotopic (exact) mass is 358 g/mol. The van der Waals surface area contributed by atoms with Crippen LogP contribution in [0.1, 0.15) is 50.9 Å². The van der Waals surface area contributed by atoms with Crippen molar-refractivity contribution in [2.75, 3.05) is 13.2 Å². The molecule has 3 atom stereocenters. The second-order valence-electron chi connectivity index (χ2n) is 7.37. The van der Waals surface area contributed by atoms with Crippen LogP contribution in [0.25, 0.3) is 0 Å². The van der Waals surface area contributed by atoms with Crippen molar-refractivity contribution in [3.05, 3.63) is 41.7 Å². The Labute approximate surface area is 156 Å². The summed E-state index contributed by atoms with van der Waals surface area (Å²) in [5.41, 5.74) is 1.84. The number of ether oxygens (including phenoxy) is 1. The summed E-state index contributed by atoms with van der Waals surface area (Å²) < 4.78 is 5.12. The fourth-order valence-electron chi connectivity index (χ4n) is 3.74. The molecule has 1 aliphatic carbocycles. The lowest BCUT2D eigenvalue weighted by molar-refractivity contribution is -0.144.